The predicted octanol–water partition coefficient (Wildman–Crippen LogP) is 1.14. The molecule has 4 heteroatoms. The van der Waals surface area contributed by atoms with Crippen molar-refractivity contribution >= 4 is 16.5 Å². The van der Waals surface area contributed by atoms with Crippen molar-refractivity contribution in [3.05, 3.63) is 0 Å². The fraction of sp³-hybridized carbons (Fsp3) is 0.889. The van der Waals surface area contributed by atoms with E-state index in [2.05, 4.69) is 0 Å². The molecule has 0 amide bonds. The fourth-order valence-corrected chi connectivity index (χ4v) is 3.08. The van der Waals surface area contributed by atoms with E-state index < -0.39 is 16.0 Å². The molecular formula is C9H16O3S. The Morgan fingerprint density at radius 2 is 2.23 bits per heavy atom. The molecule has 0 aromatic carbocycles. The van der Waals surface area contributed by atoms with E-state index in [1.54, 1.807) is 0 Å². The maximum atomic E-state index is 11.3. The molecule has 0 N–H and O–H groups in total. The first-order valence-electron chi connectivity index (χ1n) is 4.83. The van der Waals surface area contributed by atoms with E-state index in [0.717, 1.165) is 19.3 Å². The van der Waals surface area contributed by atoms with Gasteiger partial charge in [0.25, 0.3) is 0 Å². The fourth-order valence-electron chi connectivity index (χ4n) is 2.00. The topological polar surface area (TPSA) is 51.2 Å². The molecular weight excluding hydrogens is 188 g/mol. The number of ketones is 1. The molecule has 1 aliphatic rings. The Kier molecular flexibility index (Phi) is 3.90. The molecule has 0 aromatic heterocycles. The summed E-state index contributed by atoms with van der Waals surface area (Å²) in [7, 11) is -2.43. The lowest BCUT2D eigenvalue weighted by molar-refractivity contribution is -0.120. The minimum atomic E-state index is -2.43. The highest BCUT2D eigenvalue weighted by atomic mass is 32.2. The molecule has 0 spiro atoms. The number of hydrogen-bond acceptors (Lipinski definition) is 3. The number of rotatable bonds is 4. The average Bonchev–Trinajstić information content (AvgIpc) is 2.47. The van der Waals surface area contributed by atoms with Gasteiger partial charge in [-0.25, -0.2) is 8.42 Å². The first-order valence-corrected chi connectivity index (χ1v) is 6.07. The quantitative estimate of drug-likeness (QED) is 0.698. The number of thiol groups is 1. The normalized spacial score (nSPS) is 25.4. The van der Waals surface area contributed by atoms with Crippen molar-refractivity contribution in [2.75, 3.05) is 0 Å². The van der Waals surface area contributed by atoms with Crippen LogP contribution in [0.5, 0.6) is 0 Å². The standard InChI is InChI=1S/C9H16O3S/c1-2-4-9(13(11)12)7-5-3-6-8(7)10/h7,9,13H,2-6H2,1H3. The van der Waals surface area contributed by atoms with Crippen molar-refractivity contribution in [3.63, 3.8) is 0 Å². The number of carbonyl (C=O) groups is 1. The van der Waals surface area contributed by atoms with E-state index in [1.165, 1.54) is 0 Å². The molecule has 1 saturated carbocycles. The van der Waals surface area contributed by atoms with Crippen LogP contribution in [0.3, 0.4) is 0 Å². The van der Waals surface area contributed by atoms with Gasteiger partial charge in [0.2, 0.25) is 0 Å². The third-order valence-corrected chi connectivity index (χ3v) is 3.83. The third kappa shape index (κ3) is 2.53. The van der Waals surface area contributed by atoms with E-state index in [-0.39, 0.29) is 11.7 Å². The molecule has 1 aliphatic carbocycles. The van der Waals surface area contributed by atoms with Crippen molar-refractivity contribution in [2.24, 2.45) is 5.92 Å². The maximum Gasteiger partial charge on any atom is 0.143 e. The lowest BCUT2D eigenvalue weighted by Crippen LogP contribution is -2.25. The molecule has 2 atom stereocenters. The Hall–Kier alpha value is -0.380. The van der Waals surface area contributed by atoms with Gasteiger partial charge in [-0.1, -0.05) is 13.3 Å². The van der Waals surface area contributed by atoms with Crippen LogP contribution in [0.25, 0.3) is 0 Å². The summed E-state index contributed by atoms with van der Waals surface area (Å²) in [6.45, 7) is 1.95. The van der Waals surface area contributed by atoms with Crippen LogP contribution < -0.4 is 0 Å². The van der Waals surface area contributed by atoms with E-state index >= 15 is 0 Å². The third-order valence-electron chi connectivity index (χ3n) is 2.67. The van der Waals surface area contributed by atoms with Gasteiger partial charge in [0.15, 0.2) is 0 Å². The second-order valence-electron chi connectivity index (χ2n) is 3.61. The number of Topliss-reactive ketones (excluding diaryl/α,β-unsaturated/α-hetero) is 1. The summed E-state index contributed by atoms with van der Waals surface area (Å²) in [6, 6.07) is 0. The Balaban J connectivity index is 2.68. The number of hydrogen-bond donors (Lipinski definition) is 1. The Morgan fingerprint density at radius 1 is 1.54 bits per heavy atom. The van der Waals surface area contributed by atoms with E-state index in [4.69, 9.17) is 0 Å². The van der Waals surface area contributed by atoms with Crippen LogP contribution >= 0.6 is 0 Å². The molecule has 0 heterocycles. The SMILES string of the molecule is CCCC(C1CCCC1=O)[SH](=O)=O. The minimum Gasteiger partial charge on any atom is -0.299 e. The van der Waals surface area contributed by atoms with Gasteiger partial charge in [0.1, 0.15) is 16.5 Å². The van der Waals surface area contributed by atoms with E-state index in [1.807, 2.05) is 6.92 Å². The maximum absolute atomic E-state index is 11.3. The molecule has 1 rings (SSSR count). The smallest absolute Gasteiger partial charge is 0.143 e. The lowest BCUT2D eigenvalue weighted by atomic mass is 9.99. The summed E-state index contributed by atoms with van der Waals surface area (Å²) in [4.78, 5) is 11.3. The monoisotopic (exact) mass is 204 g/mol. The lowest BCUT2D eigenvalue weighted by Gasteiger charge is -2.14. The van der Waals surface area contributed by atoms with Crippen LogP contribution in [-0.4, -0.2) is 19.5 Å². The summed E-state index contributed by atoms with van der Waals surface area (Å²) in [5, 5.41) is -0.394. The zero-order valence-corrected chi connectivity index (χ0v) is 8.76. The van der Waals surface area contributed by atoms with Crippen LogP contribution in [0.2, 0.25) is 0 Å². The molecule has 76 valence electrons. The van der Waals surface area contributed by atoms with Crippen LogP contribution in [0.1, 0.15) is 39.0 Å². The van der Waals surface area contributed by atoms with Gasteiger partial charge in [-0.3, -0.25) is 4.79 Å². The van der Waals surface area contributed by atoms with Gasteiger partial charge in [0.05, 0.1) is 5.25 Å². The molecule has 0 saturated heterocycles. The second-order valence-corrected chi connectivity index (χ2v) is 4.84. The Bertz CT molecular complexity index is 250. The van der Waals surface area contributed by atoms with Crippen LogP contribution in [-0.2, 0) is 15.5 Å². The van der Waals surface area contributed by atoms with E-state index in [0.29, 0.717) is 12.8 Å². The van der Waals surface area contributed by atoms with Gasteiger partial charge in [0, 0.05) is 12.3 Å². The molecule has 0 bridgehead atoms. The Morgan fingerprint density at radius 3 is 2.62 bits per heavy atom. The summed E-state index contributed by atoms with van der Waals surface area (Å²) >= 11 is 0. The van der Waals surface area contributed by atoms with Crippen molar-refractivity contribution in [3.8, 4) is 0 Å². The van der Waals surface area contributed by atoms with Gasteiger partial charge in [-0.2, -0.15) is 0 Å². The zero-order valence-electron chi connectivity index (χ0n) is 7.86. The molecule has 3 nitrogen and oxygen atoms in total. The predicted molar refractivity (Wildman–Crippen MR) is 51.4 cm³/mol. The first kappa shape index (κ1) is 10.7. The molecule has 1 fully saturated rings. The average molecular weight is 204 g/mol. The van der Waals surface area contributed by atoms with Crippen LogP contribution in [0.4, 0.5) is 0 Å². The van der Waals surface area contributed by atoms with Crippen LogP contribution in [0, 0.1) is 5.92 Å². The minimum absolute atomic E-state index is 0.151. The molecule has 0 radical (unpaired) electrons. The highest BCUT2D eigenvalue weighted by Gasteiger charge is 2.33. The molecule has 13 heavy (non-hydrogen) atoms. The number of carbonyl (C=O) groups excluding carboxylic acids is 1. The van der Waals surface area contributed by atoms with E-state index in [9.17, 15) is 13.2 Å². The van der Waals surface area contributed by atoms with Gasteiger partial charge < -0.3 is 0 Å². The summed E-state index contributed by atoms with van der Waals surface area (Å²) in [6.07, 6.45) is 3.68. The summed E-state index contributed by atoms with van der Waals surface area (Å²) < 4.78 is 21.8. The highest BCUT2D eigenvalue weighted by molar-refractivity contribution is 7.73. The molecule has 2 unspecified atom stereocenters. The van der Waals surface area contributed by atoms with Crippen LogP contribution in [0.15, 0.2) is 0 Å². The van der Waals surface area contributed by atoms with Crippen molar-refractivity contribution in [2.45, 2.75) is 44.3 Å². The van der Waals surface area contributed by atoms with Crippen molar-refractivity contribution in [1.82, 2.24) is 0 Å². The zero-order chi connectivity index (χ0) is 9.84. The second kappa shape index (κ2) is 4.74. The van der Waals surface area contributed by atoms with Crippen molar-refractivity contribution in [1.29, 1.82) is 0 Å². The Labute approximate surface area is 80.5 Å². The summed E-state index contributed by atoms with van der Waals surface area (Å²) in [5.41, 5.74) is 0. The highest BCUT2D eigenvalue weighted by Crippen LogP contribution is 2.28. The first-order chi connectivity index (χ1) is 6.16. The van der Waals surface area contributed by atoms with Gasteiger partial charge in [-0.05, 0) is 19.3 Å². The summed E-state index contributed by atoms with van der Waals surface area (Å²) in [5.74, 6) is -0.0429. The molecule has 0 aliphatic heterocycles. The van der Waals surface area contributed by atoms with Gasteiger partial charge >= 0.3 is 0 Å². The van der Waals surface area contributed by atoms with Gasteiger partial charge in [-0.15, -0.1) is 0 Å². The molecule has 0 aromatic rings. The van der Waals surface area contributed by atoms with Crippen molar-refractivity contribution < 1.29 is 13.2 Å². The largest absolute Gasteiger partial charge is 0.299 e.